The van der Waals surface area contributed by atoms with Crippen LogP contribution in [0.25, 0.3) is 0 Å². The minimum absolute atomic E-state index is 0.0236. The summed E-state index contributed by atoms with van der Waals surface area (Å²) in [6.45, 7) is 0.780. The maximum absolute atomic E-state index is 12.4. The van der Waals surface area contributed by atoms with Crippen LogP contribution in [0.15, 0.2) is 24.3 Å². The van der Waals surface area contributed by atoms with E-state index >= 15 is 0 Å². The van der Waals surface area contributed by atoms with Gasteiger partial charge < -0.3 is 15.7 Å². The highest BCUT2D eigenvalue weighted by Gasteiger charge is 2.36. The summed E-state index contributed by atoms with van der Waals surface area (Å²) in [7, 11) is 0. The van der Waals surface area contributed by atoms with Gasteiger partial charge in [0.05, 0.1) is 18.2 Å². The van der Waals surface area contributed by atoms with Crippen LogP contribution < -0.4 is 10.6 Å². The third kappa shape index (κ3) is 2.58. The molecule has 2 aliphatic rings. The van der Waals surface area contributed by atoms with E-state index < -0.39 is 0 Å². The molecule has 4 nitrogen and oxygen atoms in total. The normalized spacial score (nSPS) is 24.1. The molecule has 1 atom stereocenters. The lowest BCUT2D eigenvalue weighted by Crippen LogP contribution is -2.56. The maximum Gasteiger partial charge on any atom is 0.237 e. The predicted molar refractivity (Wildman–Crippen MR) is 77.2 cm³/mol. The van der Waals surface area contributed by atoms with Crippen LogP contribution in [-0.2, 0) is 17.8 Å². The van der Waals surface area contributed by atoms with E-state index in [1.807, 2.05) is 12.1 Å². The molecule has 0 radical (unpaired) electrons. The Morgan fingerprint density at radius 1 is 1.30 bits per heavy atom. The van der Waals surface area contributed by atoms with E-state index in [4.69, 9.17) is 0 Å². The first-order valence-corrected chi connectivity index (χ1v) is 7.45. The van der Waals surface area contributed by atoms with Crippen molar-refractivity contribution in [3.63, 3.8) is 0 Å². The molecule has 1 saturated carbocycles. The van der Waals surface area contributed by atoms with Crippen LogP contribution in [0.4, 0.5) is 0 Å². The molecule has 4 heteroatoms. The molecule has 1 heterocycles. The highest BCUT2D eigenvalue weighted by molar-refractivity contribution is 5.83. The van der Waals surface area contributed by atoms with Crippen molar-refractivity contribution in [1.29, 1.82) is 0 Å². The van der Waals surface area contributed by atoms with Crippen LogP contribution >= 0.6 is 0 Å². The monoisotopic (exact) mass is 274 g/mol. The van der Waals surface area contributed by atoms with Crippen LogP contribution in [0.3, 0.4) is 0 Å². The highest BCUT2D eigenvalue weighted by Crippen LogP contribution is 2.29. The molecule has 0 unspecified atom stereocenters. The van der Waals surface area contributed by atoms with Crippen molar-refractivity contribution < 1.29 is 9.90 Å². The topological polar surface area (TPSA) is 61.4 Å². The van der Waals surface area contributed by atoms with Gasteiger partial charge in [-0.15, -0.1) is 0 Å². The molecule has 3 N–H and O–H groups in total. The van der Waals surface area contributed by atoms with Gasteiger partial charge in [-0.2, -0.15) is 0 Å². The standard InChI is InChI=1S/C16H22N2O2/c19-11-16(7-3-4-8-16)18-15(20)14-9-12-5-1-2-6-13(12)10-17-14/h1-2,5-6,14,17,19H,3-4,7-11H2,(H,18,20)/t14-/m1/s1. The van der Waals surface area contributed by atoms with E-state index in [0.717, 1.165) is 38.6 Å². The highest BCUT2D eigenvalue weighted by atomic mass is 16.3. The lowest BCUT2D eigenvalue weighted by Gasteiger charge is -2.32. The fourth-order valence-corrected chi connectivity index (χ4v) is 3.36. The number of benzene rings is 1. The zero-order valence-electron chi connectivity index (χ0n) is 11.7. The van der Waals surface area contributed by atoms with E-state index in [9.17, 15) is 9.90 Å². The van der Waals surface area contributed by atoms with Gasteiger partial charge in [0.25, 0.3) is 0 Å². The minimum Gasteiger partial charge on any atom is -0.394 e. The van der Waals surface area contributed by atoms with Gasteiger partial charge in [-0.05, 0) is 30.4 Å². The average Bonchev–Trinajstić information content (AvgIpc) is 2.96. The second-order valence-corrected chi connectivity index (χ2v) is 6.04. The molecule has 3 rings (SSSR count). The number of carbonyl (C=O) groups is 1. The van der Waals surface area contributed by atoms with Gasteiger partial charge in [-0.25, -0.2) is 0 Å². The van der Waals surface area contributed by atoms with Crippen LogP contribution in [0, 0.1) is 0 Å². The van der Waals surface area contributed by atoms with Gasteiger partial charge in [-0.1, -0.05) is 37.1 Å². The number of aliphatic hydroxyl groups excluding tert-OH is 1. The molecule has 20 heavy (non-hydrogen) atoms. The number of hydrogen-bond donors (Lipinski definition) is 3. The quantitative estimate of drug-likeness (QED) is 0.774. The first-order chi connectivity index (χ1) is 9.72. The smallest absolute Gasteiger partial charge is 0.237 e. The number of fused-ring (bicyclic) bond motifs is 1. The Labute approximate surface area is 119 Å². The maximum atomic E-state index is 12.4. The summed E-state index contributed by atoms with van der Waals surface area (Å²) in [6, 6.07) is 8.05. The van der Waals surface area contributed by atoms with Gasteiger partial charge in [0.1, 0.15) is 0 Å². The predicted octanol–water partition coefficient (Wildman–Crippen LogP) is 1.12. The summed E-state index contributed by atoms with van der Waals surface area (Å²) in [5.74, 6) is 0.0236. The van der Waals surface area contributed by atoms with Crippen molar-refractivity contribution in [1.82, 2.24) is 10.6 Å². The minimum atomic E-state index is -0.379. The summed E-state index contributed by atoms with van der Waals surface area (Å²) in [5.41, 5.74) is 2.14. The molecule has 1 fully saturated rings. The van der Waals surface area contributed by atoms with E-state index in [1.165, 1.54) is 11.1 Å². The molecule has 1 aliphatic heterocycles. The molecule has 0 bridgehead atoms. The van der Waals surface area contributed by atoms with E-state index in [0.29, 0.717) is 0 Å². The van der Waals surface area contributed by atoms with Gasteiger partial charge in [-0.3, -0.25) is 4.79 Å². The second kappa shape index (κ2) is 5.54. The number of hydrogen-bond acceptors (Lipinski definition) is 3. The summed E-state index contributed by atoms with van der Waals surface area (Å²) in [5, 5.41) is 16.0. The van der Waals surface area contributed by atoms with Crippen molar-refractivity contribution in [3.8, 4) is 0 Å². The molecule has 1 amide bonds. The fraction of sp³-hybridized carbons (Fsp3) is 0.562. The molecular weight excluding hydrogens is 252 g/mol. The van der Waals surface area contributed by atoms with Gasteiger partial charge in [0.15, 0.2) is 0 Å². The van der Waals surface area contributed by atoms with Crippen LogP contribution in [0.2, 0.25) is 0 Å². The molecule has 1 aliphatic carbocycles. The molecule has 0 aromatic heterocycles. The van der Waals surface area contributed by atoms with Crippen LogP contribution in [0.1, 0.15) is 36.8 Å². The molecular formula is C16H22N2O2. The Balaban J connectivity index is 1.67. The van der Waals surface area contributed by atoms with Crippen molar-refractivity contribution in [2.24, 2.45) is 0 Å². The van der Waals surface area contributed by atoms with E-state index in [-0.39, 0.29) is 24.1 Å². The molecule has 1 aromatic rings. The summed E-state index contributed by atoms with van der Waals surface area (Å²) < 4.78 is 0. The zero-order valence-corrected chi connectivity index (χ0v) is 11.7. The Bertz CT molecular complexity index is 495. The Morgan fingerprint density at radius 3 is 2.70 bits per heavy atom. The molecule has 108 valence electrons. The van der Waals surface area contributed by atoms with Gasteiger partial charge in [0, 0.05) is 6.54 Å². The van der Waals surface area contributed by atoms with Crippen LogP contribution in [0.5, 0.6) is 0 Å². The first-order valence-electron chi connectivity index (χ1n) is 7.45. The summed E-state index contributed by atoms with van der Waals surface area (Å²) >= 11 is 0. The molecule has 0 saturated heterocycles. The Kier molecular flexibility index (Phi) is 3.76. The lowest BCUT2D eigenvalue weighted by atomic mass is 9.93. The van der Waals surface area contributed by atoms with Crippen molar-refractivity contribution in [2.75, 3.05) is 6.61 Å². The lowest BCUT2D eigenvalue weighted by molar-refractivity contribution is -0.125. The largest absolute Gasteiger partial charge is 0.394 e. The summed E-state index contributed by atoms with van der Waals surface area (Å²) in [6.07, 6.45) is 4.67. The van der Waals surface area contributed by atoms with Gasteiger partial charge in [0.2, 0.25) is 5.91 Å². The number of nitrogens with one attached hydrogen (secondary N) is 2. The number of carbonyl (C=O) groups excluding carboxylic acids is 1. The van der Waals surface area contributed by atoms with E-state index in [1.54, 1.807) is 0 Å². The number of amides is 1. The SMILES string of the molecule is O=C(NC1(CO)CCCC1)[C@H]1Cc2ccccc2CN1. The van der Waals surface area contributed by atoms with Crippen LogP contribution in [-0.4, -0.2) is 29.2 Å². The van der Waals surface area contributed by atoms with E-state index in [2.05, 4.69) is 22.8 Å². The Morgan fingerprint density at radius 2 is 2.00 bits per heavy atom. The number of rotatable bonds is 3. The first kappa shape index (κ1) is 13.6. The number of aliphatic hydroxyl groups is 1. The molecule has 0 spiro atoms. The van der Waals surface area contributed by atoms with Gasteiger partial charge >= 0.3 is 0 Å². The zero-order chi connectivity index (χ0) is 14.0. The second-order valence-electron chi connectivity index (χ2n) is 6.04. The third-order valence-corrected chi connectivity index (χ3v) is 4.65. The third-order valence-electron chi connectivity index (χ3n) is 4.65. The average molecular weight is 274 g/mol. The Hall–Kier alpha value is -1.39. The fourth-order valence-electron chi connectivity index (χ4n) is 3.36. The summed E-state index contributed by atoms with van der Waals surface area (Å²) in [4.78, 5) is 12.4. The van der Waals surface area contributed by atoms with Crippen molar-refractivity contribution >= 4 is 5.91 Å². The van der Waals surface area contributed by atoms with Crippen molar-refractivity contribution in [3.05, 3.63) is 35.4 Å². The van der Waals surface area contributed by atoms with Crippen molar-refractivity contribution in [2.45, 2.75) is 50.2 Å². The molecule has 1 aromatic carbocycles.